The van der Waals surface area contributed by atoms with Crippen LogP contribution in [0.5, 0.6) is 0 Å². The molecule has 1 fully saturated rings. The van der Waals surface area contributed by atoms with Crippen molar-refractivity contribution in [3.05, 3.63) is 101 Å². The second-order valence-corrected chi connectivity index (χ2v) is 9.07. The van der Waals surface area contributed by atoms with E-state index in [4.69, 9.17) is 0 Å². The minimum atomic E-state index is -0.838. The van der Waals surface area contributed by atoms with Crippen molar-refractivity contribution >= 4 is 22.6 Å². The molecule has 0 atom stereocenters. The molecule has 0 amide bonds. The van der Waals surface area contributed by atoms with Crippen molar-refractivity contribution in [3.8, 4) is 0 Å². The van der Waals surface area contributed by atoms with Crippen LogP contribution in [0.1, 0.15) is 51.4 Å². The zero-order valence-electron chi connectivity index (χ0n) is 18.6. The number of aromatic carboxylic acids is 1. The van der Waals surface area contributed by atoms with Crippen LogP contribution in [0.15, 0.2) is 72.9 Å². The van der Waals surface area contributed by atoms with Gasteiger partial charge in [0.25, 0.3) is 0 Å². The normalized spacial score (nSPS) is 13.4. The Morgan fingerprint density at radius 1 is 0.969 bits per heavy atom. The van der Waals surface area contributed by atoms with Gasteiger partial charge in [-0.25, -0.2) is 4.79 Å². The zero-order valence-corrected chi connectivity index (χ0v) is 18.6. The molecule has 1 aromatic heterocycles. The summed E-state index contributed by atoms with van der Waals surface area (Å²) in [5, 5.41) is 10.9. The Balaban J connectivity index is 1.37. The highest BCUT2D eigenvalue weighted by Crippen LogP contribution is 2.40. The first-order valence-corrected chi connectivity index (χ1v) is 11.2. The third-order valence-electron chi connectivity index (χ3n) is 6.45. The fourth-order valence-electron chi connectivity index (χ4n) is 4.43. The van der Waals surface area contributed by atoms with Crippen LogP contribution in [0.2, 0.25) is 0 Å². The van der Waals surface area contributed by atoms with Gasteiger partial charge in [-0.05, 0) is 89.2 Å². The number of hydrogen-bond donors (Lipinski definition) is 1. The van der Waals surface area contributed by atoms with E-state index in [0.29, 0.717) is 17.9 Å². The van der Waals surface area contributed by atoms with Crippen molar-refractivity contribution in [2.45, 2.75) is 31.7 Å². The smallest absolute Gasteiger partial charge is 0.335 e. The Morgan fingerprint density at radius 2 is 1.72 bits per heavy atom. The summed E-state index contributed by atoms with van der Waals surface area (Å²) in [6.07, 6.45) is 5.10. The van der Waals surface area contributed by atoms with Gasteiger partial charge in [-0.15, -0.1) is 0 Å². The Labute approximate surface area is 188 Å². The molecule has 162 valence electrons. The molecule has 4 heteroatoms. The average Bonchev–Trinajstić information content (AvgIpc) is 3.56. The van der Waals surface area contributed by atoms with E-state index in [1.165, 1.54) is 35.0 Å². The van der Waals surface area contributed by atoms with Crippen LogP contribution >= 0.6 is 0 Å². The lowest BCUT2D eigenvalue weighted by molar-refractivity contribution is 0.0695. The Hall–Kier alpha value is -3.53. The number of carboxylic acids is 1. The maximum absolute atomic E-state index is 11.8. The first kappa shape index (κ1) is 20.4. The van der Waals surface area contributed by atoms with Crippen molar-refractivity contribution in [3.63, 3.8) is 0 Å². The molecule has 1 aliphatic carbocycles. The second-order valence-electron chi connectivity index (χ2n) is 9.07. The van der Waals surface area contributed by atoms with Gasteiger partial charge < -0.3 is 14.6 Å². The summed E-state index contributed by atoms with van der Waals surface area (Å²) < 4.78 is 2.26. The summed E-state index contributed by atoms with van der Waals surface area (Å²) >= 11 is 0. The van der Waals surface area contributed by atoms with E-state index in [1.807, 2.05) is 26.2 Å². The Kier molecular flexibility index (Phi) is 5.22. The second kappa shape index (κ2) is 8.19. The number of nitrogens with zero attached hydrogens (tertiary/aromatic N) is 2. The molecule has 1 N–H and O–H groups in total. The molecule has 0 saturated heterocycles. The molecule has 0 bridgehead atoms. The van der Waals surface area contributed by atoms with Crippen LogP contribution in [0.25, 0.3) is 10.9 Å². The number of hydrogen-bond acceptors (Lipinski definition) is 2. The van der Waals surface area contributed by atoms with Gasteiger partial charge in [0.1, 0.15) is 0 Å². The average molecular weight is 425 g/mol. The number of aromatic nitrogens is 1. The van der Waals surface area contributed by atoms with Crippen molar-refractivity contribution in [2.75, 3.05) is 19.0 Å². The zero-order chi connectivity index (χ0) is 22.2. The van der Waals surface area contributed by atoms with Crippen molar-refractivity contribution in [2.24, 2.45) is 0 Å². The molecule has 1 aliphatic rings. The number of benzene rings is 3. The molecular weight excluding hydrogens is 396 g/mol. The molecule has 0 unspecified atom stereocenters. The molecule has 4 aromatic rings. The van der Waals surface area contributed by atoms with Crippen LogP contribution in [0.4, 0.5) is 5.69 Å². The lowest BCUT2D eigenvalue weighted by Crippen LogP contribution is -2.08. The van der Waals surface area contributed by atoms with E-state index in [0.717, 1.165) is 23.2 Å². The molecule has 4 nitrogen and oxygen atoms in total. The number of carboxylic acid groups (broad SMARTS) is 1. The number of rotatable bonds is 7. The first-order chi connectivity index (χ1) is 15.5. The Morgan fingerprint density at radius 3 is 2.41 bits per heavy atom. The van der Waals surface area contributed by atoms with Crippen LogP contribution in [0.3, 0.4) is 0 Å². The molecule has 3 aromatic carbocycles. The molecule has 1 heterocycles. The van der Waals surface area contributed by atoms with Gasteiger partial charge >= 0.3 is 5.97 Å². The monoisotopic (exact) mass is 424 g/mol. The first-order valence-electron chi connectivity index (χ1n) is 11.2. The Bertz CT molecular complexity index is 1280. The van der Waals surface area contributed by atoms with E-state index in [1.54, 1.807) is 0 Å². The van der Waals surface area contributed by atoms with Crippen LogP contribution in [-0.4, -0.2) is 29.7 Å². The van der Waals surface area contributed by atoms with Crippen LogP contribution in [0, 0.1) is 0 Å². The molecular formula is C28H28N2O2. The van der Waals surface area contributed by atoms with E-state index < -0.39 is 5.97 Å². The fourth-order valence-corrected chi connectivity index (χ4v) is 4.43. The van der Waals surface area contributed by atoms with Gasteiger partial charge in [0.05, 0.1) is 5.56 Å². The third-order valence-corrected chi connectivity index (χ3v) is 6.45. The lowest BCUT2D eigenvalue weighted by Gasteiger charge is -2.13. The number of anilines is 1. The van der Waals surface area contributed by atoms with Gasteiger partial charge in [-0.1, -0.05) is 30.3 Å². The largest absolute Gasteiger partial charge is 0.478 e. The highest BCUT2D eigenvalue weighted by Gasteiger charge is 2.25. The summed E-state index contributed by atoms with van der Waals surface area (Å²) in [7, 11) is 4.10. The van der Waals surface area contributed by atoms with Crippen molar-refractivity contribution in [1.82, 2.24) is 4.57 Å². The van der Waals surface area contributed by atoms with Gasteiger partial charge in [0, 0.05) is 38.0 Å². The van der Waals surface area contributed by atoms with Gasteiger partial charge in [-0.3, -0.25) is 0 Å². The number of fused-ring (bicyclic) bond motifs is 1. The molecule has 0 aliphatic heterocycles. The molecule has 5 rings (SSSR count). The summed E-state index contributed by atoms with van der Waals surface area (Å²) in [6.45, 7) is 0.822. The number of carbonyl (C=O) groups is 1. The van der Waals surface area contributed by atoms with Gasteiger partial charge in [0.15, 0.2) is 0 Å². The third kappa shape index (κ3) is 4.13. The van der Waals surface area contributed by atoms with E-state index in [9.17, 15) is 9.90 Å². The van der Waals surface area contributed by atoms with Gasteiger partial charge in [0.2, 0.25) is 0 Å². The molecule has 32 heavy (non-hydrogen) atoms. The topological polar surface area (TPSA) is 45.5 Å². The maximum atomic E-state index is 11.8. The van der Waals surface area contributed by atoms with Crippen molar-refractivity contribution in [1.29, 1.82) is 0 Å². The van der Waals surface area contributed by atoms with Crippen molar-refractivity contribution < 1.29 is 9.90 Å². The fraction of sp³-hybridized carbons (Fsp3) is 0.250. The molecule has 0 radical (unpaired) electrons. The predicted octanol–water partition coefficient (Wildman–Crippen LogP) is 5.92. The minimum Gasteiger partial charge on any atom is -0.478 e. The van der Waals surface area contributed by atoms with Crippen LogP contribution < -0.4 is 4.90 Å². The predicted molar refractivity (Wildman–Crippen MR) is 130 cm³/mol. The van der Waals surface area contributed by atoms with E-state index >= 15 is 0 Å². The minimum absolute atomic E-state index is 0.438. The van der Waals surface area contributed by atoms with Gasteiger partial charge in [-0.2, -0.15) is 0 Å². The SMILES string of the molecule is CN(C)c1ccc(Cn2ccc3cc(Cc4ccc(C5CC5)cc4C(=O)O)ccc32)cc1. The molecule has 1 saturated carbocycles. The maximum Gasteiger partial charge on any atom is 0.335 e. The highest BCUT2D eigenvalue weighted by atomic mass is 16.4. The highest BCUT2D eigenvalue weighted by molar-refractivity contribution is 5.90. The molecule has 0 spiro atoms. The standard InChI is InChI=1S/C28H28N2O2/c1-29(2)25-10-3-19(4-11-25)18-30-14-13-24-16-20(5-12-27(24)30)15-23-9-8-22(21-6-7-21)17-26(23)28(31)32/h3-5,8-14,16-17,21H,6-7,15,18H2,1-2H3,(H,31,32). The summed E-state index contributed by atoms with van der Waals surface area (Å²) in [6, 6.07) is 23.2. The summed E-state index contributed by atoms with van der Waals surface area (Å²) in [5.41, 5.74) is 7.26. The van der Waals surface area contributed by atoms with E-state index in [2.05, 4.69) is 70.3 Å². The van der Waals surface area contributed by atoms with Crippen LogP contribution in [-0.2, 0) is 13.0 Å². The lowest BCUT2D eigenvalue weighted by atomic mass is 9.96. The quantitative estimate of drug-likeness (QED) is 0.400. The van der Waals surface area contributed by atoms with E-state index in [-0.39, 0.29) is 0 Å². The summed E-state index contributed by atoms with van der Waals surface area (Å²) in [5.74, 6) is -0.285. The summed E-state index contributed by atoms with van der Waals surface area (Å²) in [4.78, 5) is 14.0.